The van der Waals surface area contributed by atoms with Crippen LogP contribution in [0, 0.1) is 6.92 Å². The largest absolute Gasteiger partial charge is 0.497 e. The molecule has 6 nitrogen and oxygen atoms in total. The molecule has 2 aromatic rings. The third-order valence-corrected chi connectivity index (χ3v) is 4.51. The van der Waals surface area contributed by atoms with Gasteiger partial charge in [0.15, 0.2) is 5.96 Å². The quantitative estimate of drug-likeness (QED) is 0.212. The van der Waals surface area contributed by atoms with Gasteiger partial charge in [0.25, 0.3) is 5.91 Å². The average Bonchev–Trinajstić information content (AvgIpc) is 2.70. The van der Waals surface area contributed by atoms with E-state index in [1.54, 1.807) is 26.3 Å². The minimum atomic E-state index is -0.0809. The number of carbonyl (C=O) groups is 1. The van der Waals surface area contributed by atoms with E-state index >= 15 is 0 Å². The Bertz CT molecular complexity index is 830. The van der Waals surface area contributed by atoms with Crippen LogP contribution in [-0.2, 0) is 6.42 Å². The average molecular weight is 531 g/mol. The summed E-state index contributed by atoms with van der Waals surface area (Å²) in [6.07, 6.45) is 0.758. The number of halogens is 2. The molecule has 0 aliphatic heterocycles. The zero-order valence-electron chi connectivity index (χ0n) is 16.9. The van der Waals surface area contributed by atoms with Gasteiger partial charge in [-0.3, -0.25) is 9.79 Å². The first-order valence-electron chi connectivity index (χ1n) is 9.15. The SMILES string of the molecule is CN=C(NCCNC(=O)c1cccc(C)c1)NCCc1ccc(OC)cc1Cl.I. The van der Waals surface area contributed by atoms with E-state index < -0.39 is 0 Å². The summed E-state index contributed by atoms with van der Waals surface area (Å²) in [4.78, 5) is 16.3. The standard InChI is InChI=1S/C21H27ClN4O2.HI/c1-15-5-4-6-17(13-15)20(27)24-11-12-26-21(23-2)25-10-9-16-7-8-18(28-3)14-19(16)22;/h4-8,13-14H,9-12H2,1-3H3,(H,24,27)(H2,23,25,26);1H. The van der Waals surface area contributed by atoms with Crippen LogP contribution in [0.5, 0.6) is 5.75 Å². The Hall–Kier alpha value is -2.00. The molecule has 0 bridgehead atoms. The van der Waals surface area contributed by atoms with Crippen LogP contribution in [0.4, 0.5) is 0 Å². The Balaban J connectivity index is 0.00000420. The molecule has 0 spiro atoms. The predicted molar refractivity (Wildman–Crippen MR) is 130 cm³/mol. The van der Waals surface area contributed by atoms with Gasteiger partial charge in [-0.1, -0.05) is 35.4 Å². The molecule has 0 saturated carbocycles. The topological polar surface area (TPSA) is 74.8 Å². The van der Waals surface area contributed by atoms with Crippen molar-refractivity contribution in [2.24, 2.45) is 4.99 Å². The van der Waals surface area contributed by atoms with Gasteiger partial charge in [-0.25, -0.2) is 0 Å². The molecule has 0 radical (unpaired) electrons. The van der Waals surface area contributed by atoms with E-state index in [-0.39, 0.29) is 29.9 Å². The van der Waals surface area contributed by atoms with Gasteiger partial charge in [0.1, 0.15) is 5.75 Å². The van der Waals surface area contributed by atoms with Crippen molar-refractivity contribution in [2.75, 3.05) is 33.8 Å². The zero-order chi connectivity index (χ0) is 20.4. The first-order chi connectivity index (χ1) is 13.5. The van der Waals surface area contributed by atoms with Crippen molar-refractivity contribution < 1.29 is 9.53 Å². The van der Waals surface area contributed by atoms with Gasteiger partial charge >= 0.3 is 0 Å². The maximum Gasteiger partial charge on any atom is 0.251 e. The maximum absolute atomic E-state index is 12.1. The lowest BCUT2D eigenvalue weighted by atomic mass is 10.1. The second-order valence-corrected chi connectivity index (χ2v) is 6.67. The lowest BCUT2D eigenvalue weighted by Gasteiger charge is -2.13. The van der Waals surface area contributed by atoms with Gasteiger partial charge in [-0.2, -0.15) is 0 Å². The number of aliphatic imine (C=N–C) groups is 1. The molecule has 1 amide bonds. The fourth-order valence-electron chi connectivity index (χ4n) is 2.64. The molecule has 0 aromatic heterocycles. The number of aryl methyl sites for hydroxylation is 1. The second-order valence-electron chi connectivity index (χ2n) is 6.26. The molecular formula is C21H28ClIN4O2. The molecule has 0 atom stereocenters. The number of hydrogen-bond acceptors (Lipinski definition) is 3. The van der Waals surface area contributed by atoms with Crippen LogP contribution < -0.4 is 20.7 Å². The highest BCUT2D eigenvalue weighted by molar-refractivity contribution is 14.0. The highest BCUT2D eigenvalue weighted by atomic mass is 127. The number of hydrogen-bond donors (Lipinski definition) is 3. The minimum Gasteiger partial charge on any atom is -0.497 e. The zero-order valence-corrected chi connectivity index (χ0v) is 20.0. The lowest BCUT2D eigenvalue weighted by Crippen LogP contribution is -2.42. The second kappa shape index (κ2) is 13.3. The highest BCUT2D eigenvalue weighted by Gasteiger charge is 2.05. The number of rotatable bonds is 8. The number of nitrogens with zero attached hydrogens (tertiary/aromatic N) is 1. The molecule has 29 heavy (non-hydrogen) atoms. The molecule has 158 valence electrons. The summed E-state index contributed by atoms with van der Waals surface area (Å²) in [5, 5.41) is 9.99. The van der Waals surface area contributed by atoms with Crippen LogP contribution in [0.2, 0.25) is 5.02 Å². The van der Waals surface area contributed by atoms with Crippen molar-refractivity contribution in [3.05, 3.63) is 64.2 Å². The molecular weight excluding hydrogens is 503 g/mol. The summed E-state index contributed by atoms with van der Waals surface area (Å²) in [5.74, 6) is 1.34. The van der Waals surface area contributed by atoms with Crippen molar-refractivity contribution in [1.82, 2.24) is 16.0 Å². The Morgan fingerprint density at radius 1 is 1.07 bits per heavy atom. The van der Waals surface area contributed by atoms with E-state index in [0.29, 0.717) is 36.2 Å². The summed E-state index contributed by atoms with van der Waals surface area (Å²) in [7, 11) is 3.33. The van der Waals surface area contributed by atoms with Crippen molar-refractivity contribution in [3.8, 4) is 5.75 Å². The fraction of sp³-hybridized carbons (Fsp3) is 0.333. The minimum absolute atomic E-state index is 0. The first-order valence-corrected chi connectivity index (χ1v) is 9.53. The molecule has 0 saturated heterocycles. The molecule has 2 aromatic carbocycles. The number of guanidine groups is 1. The number of carbonyl (C=O) groups excluding carboxylic acids is 1. The van der Waals surface area contributed by atoms with Crippen LogP contribution >= 0.6 is 35.6 Å². The highest BCUT2D eigenvalue weighted by Crippen LogP contribution is 2.22. The van der Waals surface area contributed by atoms with E-state index in [1.165, 1.54) is 0 Å². The van der Waals surface area contributed by atoms with E-state index in [1.807, 2.05) is 37.3 Å². The first kappa shape index (κ1) is 25.0. The maximum atomic E-state index is 12.1. The van der Waals surface area contributed by atoms with Crippen molar-refractivity contribution >= 4 is 47.4 Å². The van der Waals surface area contributed by atoms with E-state index in [9.17, 15) is 4.79 Å². The van der Waals surface area contributed by atoms with Gasteiger partial charge in [0.05, 0.1) is 7.11 Å². The Kier molecular flexibility index (Phi) is 11.5. The lowest BCUT2D eigenvalue weighted by molar-refractivity contribution is 0.0954. The Morgan fingerprint density at radius 2 is 1.79 bits per heavy atom. The van der Waals surface area contributed by atoms with Crippen molar-refractivity contribution in [3.63, 3.8) is 0 Å². The smallest absolute Gasteiger partial charge is 0.251 e. The van der Waals surface area contributed by atoms with E-state index in [4.69, 9.17) is 16.3 Å². The van der Waals surface area contributed by atoms with Gasteiger partial charge in [0, 0.05) is 37.3 Å². The number of methoxy groups -OCH3 is 1. The monoisotopic (exact) mass is 530 g/mol. The summed E-state index contributed by atoms with van der Waals surface area (Å²) in [5.41, 5.74) is 2.77. The Morgan fingerprint density at radius 3 is 2.45 bits per heavy atom. The summed E-state index contributed by atoms with van der Waals surface area (Å²) in [6, 6.07) is 13.2. The molecule has 0 aliphatic rings. The van der Waals surface area contributed by atoms with Crippen molar-refractivity contribution in [2.45, 2.75) is 13.3 Å². The molecule has 2 rings (SSSR count). The van der Waals surface area contributed by atoms with Gasteiger partial charge in [-0.05, 0) is 43.2 Å². The van der Waals surface area contributed by atoms with Crippen LogP contribution in [-0.4, -0.2) is 45.7 Å². The third-order valence-electron chi connectivity index (χ3n) is 4.15. The summed E-state index contributed by atoms with van der Waals surface area (Å²) >= 11 is 6.26. The number of ether oxygens (including phenoxy) is 1. The summed E-state index contributed by atoms with van der Waals surface area (Å²) < 4.78 is 5.16. The van der Waals surface area contributed by atoms with Crippen molar-refractivity contribution in [1.29, 1.82) is 0 Å². The molecule has 0 aliphatic carbocycles. The van der Waals surface area contributed by atoms with E-state index in [2.05, 4.69) is 20.9 Å². The molecule has 0 fully saturated rings. The van der Waals surface area contributed by atoms with E-state index in [0.717, 1.165) is 23.3 Å². The predicted octanol–water partition coefficient (Wildman–Crippen LogP) is 3.41. The van der Waals surface area contributed by atoms with Gasteiger partial charge in [-0.15, -0.1) is 24.0 Å². The molecule has 8 heteroatoms. The van der Waals surface area contributed by atoms with Crippen LogP contribution in [0.15, 0.2) is 47.5 Å². The van der Waals surface area contributed by atoms with Gasteiger partial charge in [0.2, 0.25) is 0 Å². The number of benzene rings is 2. The number of nitrogens with one attached hydrogen (secondary N) is 3. The fourth-order valence-corrected chi connectivity index (χ4v) is 2.90. The van der Waals surface area contributed by atoms with Crippen LogP contribution in [0.1, 0.15) is 21.5 Å². The summed E-state index contributed by atoms with van der Waals surface area (Å²) in [6.45, 7) is 3.72. The van der Waals surface area contributed by atoms with Crippen LogP contribution in [0.25, 0.3) is 0 Å². The molecule has 0 heterocycles. The molecule has 0 unspecified atom stereocenters. The number of amides is 1. The van der Waals surface area contributed by atoms with Gasteiger partial charge < -0.3 is 20.7 Å². The molecule has 3 N–H and O–H groups in total. The van der Waals surface area contributed by atoms with Crippen LogP contribution in [0.3, 0.4) is 0 Å². The third kappa shape index (κ3) is 8.49. The Labute approximate surface area is 194 Å². The normalized spacial score (nSPS) is 10.7.